The summed E-state index contributed by atoms with van der Waals surface area (Å²) < 4.78 is 8.66. The molecular formula is C15H15BrN4O. The van der Waals surface area contributed by atoms with Gasteiger partial charge < -0.3 is 10.2 Å². The maximum Gasteiger partial charge on any atom is 0.134 e. The van der Waals surface area contributed by atoms with E-state index in [1.54, 1.807) is 4.68 Å². The lowest BCUT2D eigenvalue weighted by Gasteiger charge is -1.98. The molecule has 0 unspecified atom stereocenters. The Bertz CT molecular complexity index is 717. The van der Waals surface area contributed by atoms with E-state index >= 15 is 0 Å². The Labute approximate surface area is 130 Å². The molecule has 0 aliphatic carbocycles. The van der Waals surface area contributed by atoms with Crippen molar-refractivity contribution in [2.75, 3.05) is 6.54 Å². The molecule has 0 aliphatic heterocycles. The van der Waals surface area contributed by atoms with Gasteiger partial charge in [-0.1, -0.05) is 33.3 Å². The molecule has 0 spiro atoms. The lowest BCUT2D eigenvalue weighted by molar-refractivity contribution is 0.485. The molecule has 3 rings (SSSR count). The summed E-state index contributed by atoms with van der Waals surface area (Å²) in [5, 5.41) is 8.13. The predicted molar refractivity (Wildman–Crippen MR) is 83.7 cm³/mol. The SMILES string of the molecule is NCCc1cn(Cc2ccc(-c3ccc(Br)cc3)o2)nn1. The van der Waals surface area contributed by atoms with Crippen LogP contribution in [0.3, 0.4) is 0 Å². The third-order valence-corrected chi connectivity index (χ3v) is 3.62. The molecule has 21 heavy (non-hydrogen) atoms. The third-order valence-electron chi connectivity index (χ3n) is 3.09. The van der Waals surface area contributed by atoms with Gasteiger partial charge in [-0.15, -0.1) is 5.10 Å². The van der Waals surface area contributed by atoms with Gasteiger partial charge in [0.15, 0.2) is 0 Å². The van der Waals surface area contributed by atoms with E-state index in [4.69, 9.17) is 10.2 Å². The maximum absolute atomic E-state index is 5.85. The van der Waals surface area contributed by atoms with Crippen LogP contribution >= 0.6 is 15.9 Å². The third kappa shape index (κ3) is 3.40. The normalized spacial score (nSPS) is 11.0. The zero-order chi connectivity index (χ0) is 14.7. The van der Waals surface area contributed by atoms with Crippen molar-refractivity contribution in [2.45, 2.75) is 13.0 Å². The average molecular weight is 347 g/mol. The van der Waals surface area contributed by atoms with E-state index in [-0.39, 0.29) is 0 Å². The number of aromatic nitrogens is 3. The van der Waals surface area contributed by atoms with E-state index in [0.29, 0.717) is 13.1 Å². The van der Waals surface area contributed by atoms with Crippen molar-refractivity contribution < 1.29 is 4.42 Å². The van der Waals surface area contributed by atoms with Crippen LogP contribution in [0.5, 0.6) is 0 Å². The van der Waals surface area contributed by atoms with Crippen molar-refractivity contribution >= 4 is 15.9 Å². The zero-order valence-electron chi connectivity index (χ0n) is 11.4. The molecule has 0 amide bonds. The molecule has 1 aromatic carbocycles. The second-order valence-electron chi connectivity index (χ2n) is 4.72. The highest BCUT2D eigenvalue weighted by Gasteiger charge is 2.07. The van der Waals surface area contributed by atoms with Gasteiger partial charge in [0.05, 0.1) is 5.69 Å². The van der Waals surface area contributed by atoms with Crippen molar-refractivity contribution in [1.82, 2.24) is 15.0 Å². The van der Waals surface area contributed by atoms with Gasteiger partial charge in [0, 0.05) is 22.7 Å². The smallest absolute Gasteiger partial charge is 0.134 e. The van der Waals surface area contributed by atoms with Crippen molar-refractivity contribution in [3.8, 4) is 11.3 Å². The average Bonchev–Trinajstić information content (AvgIpc) is 3.11. The number of hydrogen-bond acceptors (Lipinski definition) is 4. The molecule has 0 saturated heterocycles. The molecule has 108 valence electrons. The van der Waals surface area contributed by atoms with Crippen LogP contribution in [0.1, 0.15) is 11.5 Å². The standard InChI is InChI=1S/C15H15BrN4O/c16-12-3-1-11(2-4-12)15-6-5-14(21-15)10-20-9-13(7-8-17)18-19-20/h1-6,9H,7-8,10,17H2. The molecule has 3 aromatic rings. The first-order valence-corrected chi connectivity index (χ1v) is 7.47. The van der Waals surface area contributed by atoms with Gasteiger partial charge in [-0.3, -0.25) is 0 Å². The van der Waals surface area contributed by atoms with Gasteiger partial charge in [-0.05, 0) is 30.8 Å². The second-order valence-corrected chi connectivity index (χ2v) is 5.63. The lowest BCUT2D eigenvalue weighted by Crippen LogP contribution is -2.02. The van der Waals surface area contributed by atoms with Gasteiger partial charge >= 0.3 is 0 Å². The number of halogens is 1. The monoisotopic (exact) mass is 346 g/mol. The van der Waals surface area contributed by atoms with Crippen LogP contribution in [0.25, 0.3) is 11.3 Å². The fourth-order valence-corrected chi connectivity index (χ4v) is 2.33. The first-order valence-electron chi connectivity index (χ1n) is 6.68. The van der Waals surface area contributed by atoms with E-state index in [9.17, 15) is 0 Å². The summed E-state index contributed by atoms with van der Waals surface area (Å²) in [6, 6.07) is 11.9. The summed E-state index contributed by atoms with van der Waals surface area (Å²) >= 11 is 3.42. The fraction of sp³-hybridized carbons (Fsp3) is 0.200. The zero-order valence-corrected chi connectivity index (χ0v) is 13.0. The molecule has 2 aromatic heterocycles. The Morgan fingerprint density at radius 2 is 1.95 bits per heavy atom. The highest BCUT2D eigenvalue weighted by molar-refractivity contribution is 9.10. The minimum Gasteiger partial charge on any atom is -0.459 e. The summed E-state index contributed by atoms with van der Waals surface area (Å²) in [6.45, 7) is 1.14. The first-order chi connectivity index (χ1) is 10.2. The van der Waals surface area contributed by atoms with E-state index in [1.807, 2.05) is 42.6 Å². The van der Waals surface area contributed by atoms with Crippen LogP contribution in [-0.2, 0) is 13.0 Å². The van der Waals surface area contributed by atoms with Crippen LogP contribution in [-0.4, -0.2) is 21.5 Å². The summed E-state index contributed by atoms with van der Waals surface area (Å²) in [6.07, 6.45) is 2.64. The van der Waals surface area contributed by atoms with Crippen LogP contribution in [0.4, 0.5) is 0 Å². The number of hydrogen-bond donors (Lipinski definition) is 1. The quantitative estimate of drug-likeness (QED) is 0.771. The van der Waals surface area contributed by atoms with Crippen molar-refractivity contribution in [1.29, 1.82) is 0 Å². The van der Waals surface area contributed by atoms with Gasteiger partial charge in [-0.2, -0.15) is 0 Å². The predicted octanol–water partition coefficient (Wildman–Crippen LogP) is 2.85. The molecule has 0 aliphatic rings. The first kappa shape index (κ1) is 14.0. The lowest BCUT2D eigenvalue weighted by atomic mass is 10.2. The van der Waals surface area contributed by atoms with Crippen LogP contribution in [0.15, 0.2) is 51.5 Å². The molecule has 0 saturated carbocycles. The number of benzene rings is 1. The highest BCUT2D eigenvalue weighted by Crippen LogP contribution is 2.24. The highest BCUT2D eigenvalue weighted by atomic mass is 79.9. The van der Waals surface area contributed by atoms with E-state index in [1.165, 1.54) is 0 Å². The second kappa shape index (κ2) is 6.24. The molecule has 2 N–H and O–H groups in total. The molecule has 0 radical (unpaired) electrons. The largest absolute Gasteiger partial charge is 0.459 e. The van der Waals surface area contributed by atoms with Crippen molar-refractivity contribution in [3.63, 3.8) is 0 Å². The number of furan rings is 1. The molecule has 5 nitrogen and oxygen atoms in total. The Hall–Kier alpha value is -1.92. The summed E-state index contributed by atoms with van der Waals surface area (Å²) in [5.74, 6) is 1.69. The maximum atomic E-state index is 5.85. The molecule has 0 fully saturated rings. The van der Waals surface area contributed by atoms with Crippen LogP contribution in [0, 0.1) is 0 Å². The molecule has 6 heteroatoms. The molecule has 0 bridgehead atoms. The number of rotatable bonds is 5. The summed E-state index contributed by atoms with van der Waals surface area (Å²) in [4.78, 5) is 0. The van der Waals surface area contributed by atoms with Gasteiger partial charge in [0.25, 0.3) is 0 Å². The minimum atomic E-state index is 0.564. The van der Waals surface area contributed by atoms with Gasteiger partial charge in [0.1, 0.15) is 18.1 Å². The van der Waals surface area contributed by atoms with E-state index in [2.05, 4.69) is 26.2 Å². The minimum absolute atomic E-state index is 0.564. The van der Waals surface area contributed by atoms with Gasteiger partial charge in [-0.25, -0.2) is 4.68 Å². The Morgan fingerprint density at radius 1 is 1.14 bits per heavy atom. The molecule has 0 atom stereocenters. The number of nitrogens with two attached hydrogens (primary N) is 1. The van der Waals surface area contributed by atoms with Crippen LogP contribution < -0.4 is 5.73 Å². The van der Waals surface area contributed by atoms with E-state index in [0.717, 1.165) is 33.7 Å². The van der Waals surface area contributed by atoms with Gasteiger partial charge in [0.2, 0.25) is 0 Å². The summed E-state index contributed by atoms with van der Waals surface area (Å²) in [7, 11) is 0. The number of nitrogens with zero attached hydrogens (tertiary/aromatic N) is 3. The topological polar surface area (TPSA) is 69.9 Å². The molecular weight excluding hydrogens is 332 g/mol. The van der Waals surface area contributed by atoms with Crippen LogP contribution in [0.2, 0.25) is 0 Å². The summed E-state index contributed by atoms with van der Waals surface area (Å²) in [5.41, 5.74) is 7.45. The Balaban J connectivity index is 1.73. The Morgan fingerprint density at radius 3 is 2.71 bits per heavy atom. The van der Waals surface area contributed by atoms with E-state index < -0.39 is 0 Å². The molecule has 2 heterocycles. The fourth-order valence-electron chi connectivity index (χ4n) is 2.07. The van der Waals surface area contributed by atoms with Crippen molar-refractivity contribution in [2.24, 2.45) is 5.73 Å². The Kier molecular flexibility index (Phi) is 4.17. The van der Waals surface area contributed by atoms with Crippen molar-refractivity contribution in [3.05, 3.63) is 58.5 Å².